The van der Waals surface area contributed by atoms with Gasteiger partial charge in [0.15, 0.2) is 40.0 Å². The number of carbonyl (C=O) groups is 2. The van der Waals surface area contributed by atoms with Crippen LogP contribution in [0.2, 0.25) is 0 Å². The molecule has 0 saturated carbocycles. The van der Waals surface area contributed by atoms with Gasteiger partial charge in [-0.1, -0.05) is 6.07 Å². The normalized spacial score (nSPS) is 28.9. The molecule has 14 nitrogen and oxygen atoms in total. The van der Waals surface area contributed by atoms with Crippen LogP contribution in [-0.4, -0.2) is 85.1 Å². The van der Waals surface area contributed by atoms with Crippen LogP contribution in [0.4, 0.5) is 0 Å². The fourth-order valence-corrected chi connectivity index (χ4v) is 11.5. The number of nitriles is 1. The Morgan fingerprint density at radius 3 is 2.59 bits per heavy atom. The maximum absolute atomic E-state index is 14.7. The van der Waals surface area contributed by atoms with Crippen LogP contribution >= 0.6 is 11.8 Å². The van der Waals surface area contributed by atoms with Crippen LogP contribution in [0.3, 0.4) is 0 Å². The van der Waals surface area contributed by atoms with Crippen LogP contribution in [-0.2, 0) is 32.7 Å². The number of esters is 2. The number of hydrogen-bond donors (Lipinski definition) is 4. The number of carbonyl (C=O) groups excluding carboxylic acids is 2. The summed E-state index contributed by atoms with van der Waals surface area (Å²) in [6.45, 7) is 5.25. The molecule has 0 aromatic heterocycles. The minimum atomic E-state index is -1.36. The van der Waals surface area contributed by atoms with Gasteiger partial charge in [-0.05, 0) is 61.1 Å². The summed E-state index contributed by atoms with van der Waals surface area (Å²) in [6.07, 6.45) is 1.03. The Hall–Kier alpha value is -4.88. The SMILES string of the molecule is COc1cc2c(cc1O)CCN[C@@]21CS[C@H]2c3c(OC(C)=O)c(C)c4c(c3C(COC1=O)N1C2C2NC(Cc3cc(C)c(OC)c(O)c32)[C@@H]1C#N)OCO4. The van der Waals surface area contributed by atoms with Gasteiger partial charge in [0, 0.05) is 53.6 Å². The fraction of sp³-hybridized carbons (Fsp3) is 0.462. The standard InChI is InChI=1S/C39H40N4O10S/c1-16-8-20-9-22-23(12-40)43-24-13-50-38(47)39(21-11-26(48-4)25(45)10-19(21)6-7-41-39)14-54-37(31(43)30(42-22)27(20)32(46)33(16)49-5)29-28(24)36-35(51-15-52-36)17(2)34(29)53-18(3)44/h8,10-11,22-24,30-31,37,41-42,45-46H,6-7,9,13-15H2,1-5H3/t22?,23-,24?,30?,31?,37-,39-/m0/s1. The van der Waals surface area contributed by atoms with Gasteiger partial charge in [0.2, 0.25) is 6.79 Å². The van der Waals surface area contributed by atoms with Gasteiger partial charge in [0.1, 0.15) is 18.4 Å². The molecule has 15 heteroatoms. The van der Waals surface area contributed by atoms with E-state index in [0.29, 0.717) is 70.2 Å². The van der Waals surface area contributed by atoms with Crippen molar-refractivity contribution in [1.82, 2.24) is 15.5 Å². The molecule has 10 rings (SSSR count). The number of nitrogens with zero attached hydrogens (tertiary/aromatic N) is 2. The van der Waals surface area contributed by atoms with Gasteiger partial charge >= 0.3 is 11.9 Å². The van der Waals surface area contributed by atoms with E-state index in [4.69, 9.17) is 28.4 Å². The Kier molecular flexibility index (Phi) is 8.13. The van der Waals surface area contributed by atoms with Gasteiger partial charge in [-0.2, -0.15) is 5.26 Å². The number of fused-ring (bicyclic) bond motifs is 9. The first-order valence-electron chi connectivity index (χ1n) is 17.9. The van der Waals surface area contributed by atoms with E-state index in [-0.39, 0.29) is 42.4 Å². The molecule has 1 spiro atoms. The van der Waals surface area contributed by atoms with Crippen LogP contribution in [0.25, 0.3) is 0 Å². The quantitative estimate of drug-likeness (QED) is 0.225. The van der Waals surface area contributed by atoms with Crippen LogP contribution in [0.1, 0.15) is 68.8 Å². The molecule has 0 amide bonds. The van der Waals surface area contributed by atoms with Crippen LogP contribution in [0.15, 0.2) is 18.2 Å². The molecule has 7 heterocycles. The molecular weight excluding hydrogens is 717 g/mol. The molecule has 54 heavy (non-hydrogen) atoms. The molecule has 4 unspecified atom stereocenters. The summed E-state index contributed by atoms with van der Waals surface area (Å²) in [5, 5.41) is 40.3. The minimum Gasteiger partial charge on any atom is -0.504 e. The molecule has 2 fully saturated rings. The summed E-state index contributed by atoms with van der Waals surface area (Å²) >= 11 is 1.46. The molecule has 282 valence electrons. The van der Waals surface area contributed by atoms with E-state index >= 15 is 0 Å². The van der Waals surface area contributed by atoms with Gasteiger partial charge < -0.3 is 44.0 Å². The highest BCUT2D eigenvalue weighted by Gasteiger charge is 2.60. The topological polar surface area (TPSA) is 181 Å². The number of ether oxygens (including phenoxy) is 6. The summed E-state index contributed by atoms with van der Waals surface area (Å²) in [7, 11) is 2.99. The number of hydrogen-bond acceptors (Lipinski definition) is 15. The third-order valence-electron chi connectivity index (χ3n) is 11.9. The Balaban J connectivity index is 1.32. The van der Waals surface area contributed by atoms with Gasteiger partial charge in [-0.25, -0.2) is 4.79 Å². The van der Waals surface area contributed by atoms with Crippen molar-refractivity contribution >= 4 is 23.7 Å². The molecule has 2 saturated heterocycles. The van der Waals surface area contributed by atoms with Crippen molar-refractivity contribution in [2.75, 3.05) is 39.9 Å². The number of aryl methyl sites for hydroxylation is 1. The molecule has 0 aliphatic carbocycles. The second-order valence-electron chi connectivity index (χ2n) is 14.7. The number of aromatic hydroxyl groups is 2. The number of thioether (sulfide) groups is 1. The Labute approximate surface area is 315 Å². The molecular formula is C39H40N4O10S. The number of nitrogens with one attached hydrogen (secondary N) is 2. The first kappa shape index (κ1) is 34.9. The Morgan fingerprint density at radius 2 is 1.85 bits per heavy atom. The van der Waals surface area contributed by atoms with Crippen LogP contribution in [0, 0.1) is 25.2 Å². The van der Waals surface area contributed by atoms with E-state index in [1.165, 1.54) is 32.9 Å². The lowest BCUT2D eigenvalue weighted by molar-refractivity contribution is -0.155. The fourth-order valence-electron chi connectivity index (χ4n) is 9.79. The zero-order valence-electron chi connectivity index (χ0n) is 30.4. The molecule has 7 aliphatic rings. The number of methoxy groups -OCH3 is 2. The average Bonchev–Trinajstić information content (AvgIpc) is 3.64. The van der Waals surface area contributed by atoms with Gasteiger partial charge in [-0.3, -0.25) is 15.0 Å². The number of benzene rings is 3. The summed E-state index contributed by atoms with van der Waals surface area (Å²) < 4.78 is 35.9. The largest absolute Gasteiger partial charge is 0.504 e. The highest BCUT2D eigenvalue weighted by Crippen LogP contribution is 2.63. The van der Waals surface area contributed by atoms with Crippen LogP contribution in [0.5, 0.6) is 40.2 Å². The van der Waals surface area contributed by atoms with Crippen molar-refractivity contribution in [3.63, 3.8) is 0 Å². The van der Waals surface area contributed by atoms with Crippen molar-refractivity contribution in [1.29, 1.82) is 5.26 Å². The smallest absolute Gasteiger partial charge is 0.331 e. The van der Waals surface area contributed by atoms with Crippen molar-refractivity contribution in [2.24, 2.45) is 0 Å². The maximum atomic E-state index is 14.7. The van der Waals surface area contributed by atoms with Gasteiger partial charge in [0.05, 0.1) is 37.6 Å². The summed E-state index contributed by atoms with van der Waals surface area (Å²) in [4.78, 5) is 29.7. The second-order valence-corrected chi connectivity index (χ2v) is 15.8. The maximum Gasteiger partial charge on any atom is 0.331 e. The van der Waals surface area contributed by atoms with E-state index in [9.17, 15) is 25.1 Å². The molecule has 7 atom stereocenters. The second kappa shape index (κ2) is 12.6. The molecule has 7 aliphatic heterocycles. The van der Waals surface area contributed by atoms with Gasteiger partial charge in [-0.15, -0.1) is 11.8 Å². The predicted octanol–water partition coefficient (Wildman–Crippen LogP) is 3.64. The summed E-state index contributed by atoms with van der Waals surface area (Å²) in [5.74, 6) is 0.913. The third kappa shape index (κ3) is 4.76. The predicted molar refractivity (Wildman–Crippen MR) is 193 cm³/mol. The third-order valence-corrected chi connectivity index (χ3v) is 13.4. The Morgan fingerprint density at radius 1 is 1.06 bits per heavy atom. The highest BCUT2D eigenvalue weighted by atomic mass is 32.2. The zero-order chi connectivity index (χ0) is 37.8. The summed E-state index contributed by atoms with van der Waals surface area (Å²) in [6, 6.07) is 5.06. The first-order chi connectivity index (χ1) is 26.0. The van der Waals surface area contributed by atoms with E-state index < -0.39 is 46.9 Å². The lowest BCUT2D eigenvalue weighted by atomic mass is 9.72. The molecule has 3 aromatic rings. The van der Waals surface area contributed by atoms with E-state index in [2.05, 4.69) is 21.6 Å². The lowest BCUT2D eigenvalue weighted by Crippen LogP contribution is -2.69. The lowest BCUT2D eigenvalue weighted by Gasteiger charge is -2.59. The molecule has 4 bridgehead atoms. The zero-order valence-corrected chi connectivity index (χ0v) is 31.2. The average molecular weight is 757 g/mol. The van der Waals surface area contributed by atoms with Crippen molar-refractivity contribution < 1.29 is 48.2 Å². The van der Waals surface area contributed by atoms with E-state index in [0.717, 1.165) is 16.7 Å². The molecule has 0 radical (unpaired) electrons. The van der Waals surface area contributed by atoms with Crippen molar-refractivity contribution in [3.8, 4) is 46.3 Å². The van der Waals surface area contributed by atoms with E-state index in [1.54, 1.807) is 12.1 Å². The monoisotopic (exact) mass is 756 g/mol. The van der Waals surface area contributed by atoms with Gasteiger partial charge in [0.25, 0.3) is 0 Å². The van der Waals surface area contributed by atoms with E-state index in [1.807, 2.05) is 19.9 Å². The number of piperazine rings is 1. The number of rotatable bonds is 3. The number of phenolic OH excluding ortho intramolecular Hbond substituents is 2. The Bertz CT molecular complexity index is 2190. The highest BCUT2D eigenvalue weighted by molar-refractivity contribution is 7.99. The van der Waals surface area contributed by atoms with Crippen molar-refractivity contribution in [2.45, 2.75) is 74.6 Å². The summed E-state index contributed by atoms with van der Waals surface area (Å²) in [5.41, 5.74) is 4.33. The van der Waals surface area contributed by atoms with Crippen LogP contribution < -0.4 is 34.3 Å². The molecule has 4 N–H and O–H groups in total. The molecule has 3 aromatic carbocycles. The van der Waals surface area contributed by atoms with Crippen molar-refractivity contribution in [3.05, 3.63) is 62.7 Å². The minimum absolute atomic E-state index is 0.0248. The number of phenols is 2. The first-order valence-corrected chi connectivity index (χ1v) is 19.0.